The predicted molar refractivity (Wildman–Crippen MR) is 93.0 cm³/mol. The van der Waals surface area contributed by atoms with Gasteiger partial charge >= 0.3 is 5.97 Å². The van der Waals surface area contributed by atoms with Crippen LogP contribution in [0.3, 0.4) is 0 Å². The Labute approximate surface area is 142 Å². The zero-order valence-corrected chi connectivity index (χ0v) is 14.2. The Morgan fingerprint density at radius 3 is 2.12 bits per heavy atom. The Hall–Kier alpha value is -2.66. The molecule has 5 nitrogen and oxygen atoms in total. The molecular weight excluding hydrogens is 304 g/mol. The van der Waals surface area contributed by atoms with Gasteiger partial charge in [0, 0.05) is 12.1 Å². The topological polar surface area (TPSA) is 58.6 Å². The third-order valence-corrected chi connectivity index (χ3v) is 3.62. The highest BCUT2D eigenvalue weighted by atomic mass is 16.5. The van der Waals surface area contributed by atoms with Crippen molar-refractivity contribution in [2.24, 2.45) is 0 Å². The van der Waals surface area contributed by atoms with Crippen LogP contribution in [-0.2, 0) is 4.74 Å². The number of nitrogens with one attached hydrogen (secondary N) is 1. The van der Waals surface area contributed by atoms with E-state index in [4.69, 9.17) is 0 Å². The summed E-state index contributed by atoms with van der Waals surface area (Å²) in [6.07, 6.45) is 0. The molecule has 0 aromatic heterocycles. The van der Waals surface area contributed by atoms with Crippen LogP contribution in [0.5, 0.6) is 0 Å². The number of likely N-dealkylation sites (N-methyl/N-ethyl adjacent to an activating group) is 1. The maximum Gasteiger partial charge on any atom is 0.337 e. The van der Waals surface area contributed by atoms with Crippen molar-refractivity contribution in [1.82, 2.24) is 10.2 Å². The van der Waals surface area contributed by atoms with Crippen LogP contribution in [0.2, 0.25) is 0 Å². The van der Waals surface area contributed by atoms with E-state index in [-0.39, 0.29) is 11.9 Å². The largest absolute Gasteiger partial charge is 0.465 e. The molecule has 0 saturated heterocycles. The number of benzene rings is 2. The van der Waals surface area contributed by atoms with Gasteiger partial charge < -0.3 is 15.0 Å². The number of carbonyl (C=O) groups is 2. The van der Waals surface area contributed by atoms with Crippen LogP contribution in [0, 0.1) is 0 Å². The second-order valence-electron chi connectivity index (χ2n) is 5.77. The molecule has 0 aliphatic carbocycles. The molecule has 2 aromatic carbocycles. The number of hydrogen-bond acceptors (Lipinski definition) is 4. The fraction of sp³-hybridized carbons (Fsp3) is 0.263. The first kappa shape index (κ1) is 17.7. The van der Waals surface area contributed by atoms with E-state index in [1.54, 1.807) is 24.3 Å². The number of rotatable bonds is 6. The van der Waals surface area contributed by atoms with Crippen LogP contribution in [0.25, 0.3) is 0 Å². The standard InChI is InChI=1S/C19H22N2O3/c1-21(2)13-17(14-7-5-4-6-8-14)20-18(22)15-9-11-16(12-10-15)19(23)24-3/h4-12,17H,13H2,1-3H3,(H,20,22)/t17-/m0/s1. The average molecular weight is 326 g/mol. The Bertz CT molecular complexity index is 682. The van der Waals surface area contributed by atoms with E-state index in [9.17, 15) is 9.59 Å². The molecule has 0 fully saturated rings. The van der Waals surface area contributed by atoms with E-state index in [0.717, 1.165) is 5.56 Å². The molecule has 0 bridgehead atoms. The van der Waals surface area contributed by atoms with Crippen molar-refractivity contribution in [1.29, 1.82) is 0 Å². The van der Waals surface area contributed by atoms with E-state index < -0.39 is 5.97 Å². The Morgan fingerprint density at radius 2 is 1.58 bits per heavy atom. The SMILES string of the molecule is COC(=O)c1ccc(C(=O)N[C@@H](CN(C)C)c2ccccc2)cc1. The van der Waals surface area contributed by atoms with Crippen LogP contribution in [0.1, 0.15) is 32.3 Å². The quantitative estimate of drug-likeness (QED) is 0.829. The normalized spacial score (nSPS) is 11.8. The summed E-state index contributed by atoms with van der Waals surface area (Å²) in [4.78, 5) is 26.0. The van der Waals surface area contributed by atoms with E-state index in [2.05, 4.69) is 10.1 Å². The van der Waals surface area contributed by atoms with Crippen molar-refractivity contribution in [3.63, 3.8) is 0 Å². The Kier molecular flexibility index (Phi) is 6.09. The molecule has 0 radical (unpaired) electrons. The van der Waals surface area contributed by atoms with Gasteiger partial charge in [-0.15, -0.1) is 0 Å². The molecule has 0 aliphatic rings. The van der Waals surface area contributed by atoms with Gasteiger partial charge in [-0.05, 0) is 43.9 Å². The van der Waals surface area contributed by atoms with E-state index in [1.165, 1.54) is 7.11 Å². The first-order valence-corrected chi connectivity index (χ1v) is 7.70. The summed E-state index contributed by atoms with van der Waals surface area (Å²) in [5.74, 6) is -0.598. The van der Waals surface area contributed by atoms with E-state index in [1.807, 2.05) is 49.3 Å². The fourth-order valence-electron chi connectivity index (χ4n) is 2.40. The Balaban J connectivity index is 2.14. The molecule has 2 rings (SSSR count). The lowest BCUT2D eigenvalue weighted by Crippen LogP contribution is -2.35. The maximum absolute atomic E-state index is 12.5. The summed E-state index contributed by atoms with van der Waals surface area (Å²) >= 11 is 0. The first-order valence-electron chi connectivity index (χ1n) is 7.70. The number of amides is 1. The van der Waals surface area contributed by atoms with Crippen LogP contribution in [0.15, 0.2) is 54.6 Å². The summed E-state index contributed by atoms with van der Waals surface area (Å²) in [5, 5.41) is 3.05. The molecule has 1 atom stereocenters. The smallest absolute Gasteiger partial charge is 0.337 e. The zero-order valence-electron chi connectivity index (χ0n) is 14.2. The summed E-state index contributed by atoms with van der Waals surface area (Å²) in [6, 6.07) is 16.2. The van der Waals surface area contributed by atoms with Gasteiger partial charge in [0.2, 0.25) is 0 Å². The highest BCUT2D eigenvalue weighted by Gasteiger charge is 2.17. The van der Waals surface area contributed by atoms with Gasteiger partial charge in [0.15, 0.2) is 0 Å². The van der Waals surface area contributed by atoms with Gasteiger partial charge in [0.05, 0.1) is 18.7 Å². The molecular formula is C19H22N2O3. The molecule has 2 aromatic rings. The van der Waals surface area contributed by atoms with Crippen LogP contribution < -0.4 is 5.32 Å². The number of methoxy groups -OCH3 is 1. The van der Waals surface area contributed by atoms with Crippen LogP contribution in [-0.4, -0.2) is 44.5 Å². The van der Waals surface area contributed by atoms with Crippen molar-refractivity contribution in [2.45, 2.75) is 6.04 Å². The minimum atomic E-state index is -0.420. The number of carbonyl (C=O) groups excluding carboxylic acids is 2. The third-order valence-electron chi connectivity index (χ3n) is 3.62. The third kappa shape index (κ3) is 4.67. The molecule has 1 N–H and O–H groups in total. The van der Waals surface area contributed by atoms with Crippen molar-refractivity contribution < 1.29 is 14.3 Å². The monoisotopic (exact) mass is 326 g/mol. The first-order chi connectivity index (χ1) is 11.5. The Morgan fingerprint density at radius 1 is 1.00 bits per heavy atom. The summed E-state index contributed by atoms with van der Waals surface area (Å²) in [7, 11) is 5.26. The van der Waals surface area contributed by atoms with Crippen LogP contribution in [0.4, 0.5) is 0 Å². The van der Waals surface area contributed by atoms with Crippen molar-refractivity contribution in [3.05, 3.63) is 71.3 Å². The van der Waals surface area contributed by atoms with Crippen molar-refractivity contribution in [2.75, 3.05) is 27.7 Å². The highest BCUT2D eigenvalue weighted by molar-refractivity contribution is 5.96. The minimum absolute atomic E-state index is 0.117. The van der Waals surface area contributed by atoms with Gasteiger partial charge in [-0.1, -0.05) is 30.3 Å². The average Bonchev–Trinajstić information content (AvgIpc) is 2.61. The molecule has 126 valence electrons. The number of esters is 1. The molecule has 0 aliphatic heterocycles. The fourth-order valence-corrected chi connectivity index (χ4v) is 2.40. The number of ether oxygens (including phenoxy) is 1. The van der Waals surface area contributed by atoms with E-state index >= 15 is 0 Å². The molecule has 5 heteroatoms. The number of nitrogens with zero attached hydrogens (tertiary/aromatic N) is 1. The maximum atomic E-state index is 12.5. The van der Waals surface area contributed by atoms with Crippen molar-refractivity contribution >= 4 is 11.9 Å². The van der Waals surface area contributed by atoms with E-state index in [0.29, 0.717) is 17.7 Å². The number of hydrogen-bond donors (Lipinski definition) is 1. The van der Waals surface area contributed by atoms with Gasteiger partial charge in [0.25, 0.3) is 5.91 Å². The van der Waals surface area contributed by atoms with Gasteiger partial charge in [-0.25, -0.2) is 4.79 Å². The van der Waals surface area contributed by atoms with Gasteiger partial charge in [0.1, 0.15) is 0 Å². The van der Waals surface area contributed by atoms with Crippen LogP contribution >= 0.6 is 0 Å². The minimum Gasteiger partial charge on any atom is -0.465 e. The molecule has 0 heterocycles. The lowest BCUT2D eigenvalue weighted by molar-refractivity contribution is 0.0600. The van der Waals surface area contributed by atoms with Gasteiger partial charge in [-0.2, -0.15) is 0 Å². The summed E-state index contributed by atoms with van der Waals surface area (Å²) in [6.45, 7) is 0.690. The molecule has 0 saturated carbocycles. The highest BCUT2D eigenvalue weighted by Crippen LogP contribution is 2.15. The summed E-state index contributed by atoms with van der Waals surface area (Å²) < 4.78 is 4.66. The lowest BCUT2D eigenvalue weighted by atomic mass is 10.1. The second-order valence-corrected chi connectivity index (χ2v) is 5.77. The zero-order chi connectivity index (χ0) is 17.5. The molecule has 0 spiro atoms. The summed E-state index contributed by atoms with van der Waals surface area (Å²) in [5.41, 5.74) is 1.97. The molecule has 0 unspecified atom stereocenters. The second kappa shape index (κ2) is 8.26. The molecule has 1 amide bonds. The van der Waals surface area contributed by atoms with Crippen molar-refractivity contribution in [3.8, 4) is 0 Å². The molecule has 24 heavy (non-hydrogen) atoms. The van der Waals surface area contributed by atoms with Gasteiger partial charge in [-0.3, -0.25) is 4.79 Å². The lowest BCUT2D eigenvalue weighted by Gasteiger charge is -2.23. The predicted octanol–water partition coefficient (Wildman–Crippen LogP) is 2.51.